The maximum Gasteiger partial charge on any atom is 0.251 e. The molecular formula is C12H20N2O5S. The van der Waals surface area contributed by atoms with Gasteiger partial charge in [0.2, 0.25) is 10.0 Å². The molecule has 3 heterocycles. The summed E-state index contributed by atoms with van der Waals surface area (Å²) in [4.78, 5) is 17.8. The number of carbonyl (C=O) groups excluding carboxylic acids is 1. The lowest BCUT2D eigenvalue weighted by atomic mass is 9.82. The molecule has 0 aromatic heterocycles. The number of ether oxygens (including phenoxy) is 1. The lowest BCUT2D eigenvalue weighted by Gasteiger charge is -2.33. The van der Waals surface area contributed by atoms with Crippen LogP contribution in [0.1, 0.15) is 6.42 Å². The Morgan fingerprint density at radius 1 is 1.25 bits per heavy atom. The molecule has 20 heavy (non-hydrogen) atoms. The summed E-state index contributed by atoms with van der Waals surface area (Å²) in [6.07, 6.45) is 2.06. The van der Waals surface area contributed by atoms with E-state index in [1.54, 1.807) is 0 Å². The van der Waals surface area contributed by atoms with Crippen molar-refractivity contribution >= 4 is 15.9 Å². The maximum absolute atomic E-state index is 12.5. The number of hydroxylamine groups is 2. The van der Waals surface area contributed by atoms with Crippen molar-refractivity contribution in [2.75, 3.05) is 45.7 Å². The number of carbonyl (C=O) groups is 1. The summed E-state index contributed by atoms with van der Waals surface area (Å²) in [5, 5.41) is 1.42. The molecule has 3 aliphatic rings. The summed E-state index contributed by atoms with van der Waals surface area (Å²) in [5.74, 6) is -0.212. The first-order chi connectivity index (χ1) is 9.47. The van der Waals surface area contributed by atoms with E-state index in [0.717, 1.165) is 6.42 Å². The summed E-state index contributed by atoms with van der Waals surface area (Å²) < 4.78 is 30.3. The Hall–Kier alpha value is -0.700. The summed E-state index contributed by atoms with van der Waals surface area (Å²) >= 11 is 0. The fourth-order valence-electron chi connectivity index (χ4n) is 3.29. The van der Waals surface area contributed by atoms with Gasteiger partial charge in [0.25, 0.3) is 5.91 Å². The Balaban J connectivity index is 1.74. The van der Waals surface area contributed by atoms with E-state index in [9.17, 15) is 13.2 Å². The zero-order valence-electron chi connectivity index (χ0n) is 11.5. The van der Waals surface area contributed by atoms with Crippen molar-refractivity contribution in [2.45, 2.75) is 6.42 Å². The van der Waals surface area contributed by atoms with Crippen LogP contribution in [0.3, 0.4) is 0 Å². The minimum Gasteiger partial charge on any atom is -0.380 e. The maximum atomic E-state index is 12.5. The van der Waals surface area contributed by atoms with E-state index in [4.69, 9.17) is 9.57 Å². The van der Waals surface area contributed by atoms with Gasteiger partial charge in [0.15, 0.2) is 0 Å². The first kappa shape index (κ1) is 14.2. The summed E-state index contributed by atoms with van der Waals surface area (Å²) in [6.45, 7) is 2.94. The van der Waals surface area contributed by atoms with E-state index in [1.807, 2.05) is 0 Å². The van der Waals surface area contributed by atoms with Gasteiger partial charge in [-0.3, -0.25) is 9.63 Å². The molecule has 0 aromatic rings. The molecule has 3 saturated heterocycles. The molecule has 0 saturated carbocycles. The van der Waals surface area contributed by atoms with E-state index in [-0.39, 0.29) is 23.7 Å². The Labute approximate surface area is 118 Å². The normalized spacial score (nSPS) is 35.2. The molecule has 0 aliphatic carbocycles. The summed E-state index contributed by atoms with van der Waals surface area (Å²) in [5.41, 5.74) is 0. The molecule has 114 valence electrons. The molecule has 0 aromatic carbocycles. The van der Waals surface area contributed by atoms with Crippen LogP contribution in [0, 0.1) is 17.8 Å². The van der Waals surface area contributed by atoms with Gasteiger partial charge in [-0.2, -0.15) is 0 Å². The van der Waals surface area contributed by atoms with E-state index >= 15 is 0 Å². The van der Waals surface area contributed by atoms with Gasteiger partial charge in [0.1, 0.15) is 0 Å². The highest BCUT2D eigenvalue weighted by Crippen LogP contribution is 2.36. The molecule has 3 aliphatic heterocycles. The van der Waals surface area contributed by atoms with Crippen molar-refractivity contribution in [3.05, 3.63) is 0 Å². The number of hydrogen-bond donors (Lipinski definition) is 0. The van der Waals surface area contributed by atoms with Gasteiger partial charge in [-0.05, 0) is 12.3 Å². The largest absolute Gasteiger partial charge is 0.380 e. The highest BCUT2D eigenvalue weighted by molar-refractivity contribution is 7.88. The minimum absolute atomic E-state index is 0.0372. The third-order valence-corrected chi connectivity index (χ3v) is 5.63. The van der Waals surface area contributed by atoms with Crippen LogP contribution in [-0.2, 0) is 24.4 Å². The molecule has 0 radical (unpaired) electrons. The van der Waals surface area contributed by atoms with E-state index < -0.39 is 10.0 Å². The second kappa shape index (κ2) is 5.25. The second-order valence-electron chi connectivity index (χ2n) is 5.77. The zero-order chi connectivity index (χ0) is 14.3. The van der Waals surface area contributed by atoms with Gasteiger partial charge in [-0.1, -0.05) is 0 Å². The molecule has 3 fully saturated rings. The van der Waals surface area contributed by atoms with Crippen LogP contribution in [0.25, 0.3) is 0 Å². The minimum atomic E-state index is -3.21. The fraction of sp³-hybridized carbons (Fsp3) is 0.917. The van der Waals surface area contributed by atoms with Crippen LogP contribution in [0.5, 0.6) is 0 Å². The fourth-order valence-corrected chi connectivity index (χ4v) is 4.19. The highest BCUT2D eigenvalue weighted by Gasteiger charge is 2.47. The standard InChI is InChI=1S/C12H20N2O5S/c1-20(16,17)13-5-9-7-18-8-11(10(9)6-13)12(15)14-3-2-4-19-14/h9-11H,2-8H2,1H3/t9-,10-,11-/m0/s1. The van der Waals surface area contributed by atoms with Gasteiger partial charge in [0, 0.05) is 19.0 Å². The van der Waals surface area contributed by atoms with Crippen LogP contribution in [0.2, 0.25) is 0 Å². The topological polar surface area (TPSA) is 76.2 Å². The van der Waals surface area contributed by atoms with Gasteiger partial charge < -0.3 is 4.74 Å². The molecule has 0 spiro atoms. The quantitative estimate of drug-likeness (QED) is 0.674. The van der Waals surface area contributed by atoms with Crippen molar-refractivity contribution in [3.63, 3.8) is 0 Å². The van der Waals surface area contributed by atoms with Crippen LogP contribution >= 0.6 is 0 Å². The molecular weight excluding hydrogens is 284 g/mol. The van der Waals surface area contributed by atoms with Crippen LogP contribution in [0.4, 0.5) is 0 Å². The van der Waals surface area contributed by atoms with E-state index in [2.05, 4.69) is 0 Å². The summed E-state index contributed by atoms with van der Waals surface area (Å²) in [6, 6.07) is 0. The van der Waals surface area contributed by atoms with Gasteiger partial charge in [-0.25, -0.2) is 17.8 Å². The predicted octanol–water partition coefficient (Wildman–Crippen LogP) is -0.696. The number of fused-ring (bicyclic) bond motifs is 1. The Kier molecular flexibility index (Phi) is 3.74. The lowest BCUT2D eigenvalue weighted by Crippen LogP contribution is -2.45. The van der Waals surface area contributed by atoms with E-state index in [1.165, 1.54) is 15.6 Å². The molecule has 7 nitrogen and oxygen atoms in total. The average molecular weight is 304 g/mol. The predicted molar refractivity (Wildman–Crippen MR) is 70.0 cm³/mol. The lowest BCUT2D eigenvalue weighted by molar-refractivity contribution is -0.181. The number of nitrogens with zero attached hydrogens (tertiary/aromatic N) is 2. The zero-order valence-corrected chi connectivity index (χ0v) is 12.3. The van der Waals surface area contributed by atoms with Crippen LogP contribution in [0.15, 0.2) is 0 Å². The van der Waals surface area contributed by atoms with Crippen LogP contribution in [-0.4, -0.2) is 69.4 Å². The summed E-state index contributed by atoms with van der Waals surface area (Å²) in [7, 11) is -3.21. The van der Waals surface area contributed by atoms with Crippen molar-refractivity contribution in [1.82, 2.24) is 9.37 Å². The molecule has 3 atom stereocenters. The Morgan fingerprint density at radius 3 is 2.70 bits per heavy atom. The average Bonchev–Trinajstić information content (AvgIpc) is 3.05. The number of rotatable bonds is 2. The van der Waals surface area contributed by atoms with Crippen molar-refractivity contribution in [3.8, 4) is 0 Å². The smallest absolute Gasteiger partial charge is 0.251 e. The number of amides is 1. The molecule has 0 N–H and O–H groups in total. The van der Waals surface area contributed by atoms with Crippen molar-refractivity contribution in [2.24, 2.45) is 17.8 Å². The molecule has 1 amide bonds. The molecule has 0 bridgehead atoms. The van der Waals surface area contributed by atoms with Crippen molar-refractivity contribution in [1.29, 1.82) is 0 Å². The van der Waals surface area contributed by atoms with Gasteiger partial charge in [-0.15, -0.1) is 0 Å². The third kappa shape index (κ3) is 2.57. The third-order valence-electron chi connectivity index (χ3n) is 4.39. The van der Waals surface area contributed by atoms with Gasteiger partial charge in [0.05, 0.1) is 38.5 Å². The first-order valence-corrected chi connectivity index (χ1v) is 8.79. The SMILES string of the molecule is CS(=O)(=O)N1C[C@H]2COC[C@H](C(=O)N3CCCO3)[C@H]2C1. The molecule has 8 heteroatoms. The Bertz CT molecular complexity index is 488. The second-order valence-corrected chi connectivity index (χ2v) is 7.76. The van der Waals surface area contributed by atoms with Crippen molar-refractivity contribution < 1.29 is 22.8 Å². The van der Waals surface area contributed by atoms with E-state index in [0.29, 0.717) is 39.5 Å². The molecule has 3 rings (SSSR count). The Morgan fingerprint density at radius 2 is 2.05 bits per heavy atom. The van der Waals surface area contributed by atoms with Crippen LogP contribution < -0.4 is 0 Å². The molecule has 0 unspecified atom stereocenters. The first-order valence-electron chi connectivity index (χ1n) is 6.94. The number of sulfonamides is 1. The highest BCUT2D eigenvalue weighted by atomic mass is 32.2. The van der Waals surface area contributed by atoms with Gasteiger partial charge >= 0.3 is 0 Å². The monoisotopic (exact) mass is 304 g/mol. The number of hydrogen-bond acceptors (Lipinski definition) is 5.